The molecule has 5 heteroatoms. The molecule has 1 amide bonds. The van der Waals surface area contributed by atoms with E-state index in [0.717, 1.165) is 17.1 Å². The molecule has 110 valence electrons. The van der Waals surface area contributed by atoms with Crippen molar-refractivity contribution in [3.63, 3.8) is 0 Å². The van der Waals surface area contributed by atoms with E-state index in [1.165, 1.54) is 0 Å². The third kappa shape index (κ3) is 3.95. The lowest BCUT2D eigenvalue weighted by molar-refractivity contribution is -0.116. The van der Waals surface area contributed by atoms with Gasteiger partial charge in [-0.2, -0.15) is 0 Å². The van der Waals surface area contributed by atoms with Crippen LogP contribution in [0.25, 0.3) is 0 Å². The molecule has 1 heterocycles. The van der Waals surface area contributed by atoms with Gasteiger partial charge in [0.25, 0.3) is 0 Å². The highest BCUT2D eigenvalue weighted by molar-refractivity contribution is 5.93. The molecule has 0 aliphatic heterocycles. The molecule has 5 nitrogen and oxygen atoms in total. The maximum Gasteiger partial charge on any atom is 0.224 e. The van der Waals surface area contributed by atoms with E-state index in [1.54, 1.807) is 12.3 Å². The lowest BCUT2D eigenvalue weighted by Crippen LogP contribution is -2.18. The summed E-state index contributed by atoms with van der Waals surface area (Å²) in [5.74, 6) is 0.694. The Morgan fingerprint density at radius 2 is 2.00 bits per heavy atom. The summed E-state index contributed by atoms with van der Waals surface area (Å²) in [5.41, 5.74) is 8.31. The highest BCUT2D eigenvalue weighted by atomic mass is 16.1. The predicted molar refractivity (Wildman–Crippen MR) is 86.4 cm³/mol. The molecule has 0 atom stereocenters. The number of hydrogen-bond acceptors (Lipinski definition) is 4. The third-order valence-electron chi connectivity index (χ3n) is 3.16. The van der Waals surface area contributed by atoms with Gasteiger partial charge < -0.3 is 16.0 Å². The van der Waals surface area contributed by atoms with E-state index in [0.29, 0.717) is 18.5 Å². The smallest absolute Gasteiger partial charge is 0.224 e. The van der Waals surface area contributed by atoms with Crippen molar-refractivity contribution in [3.8, 4) is 0 Å². The van der Waals surface area contributed by atoms with Gasteiger partial charge >= 0.3 is 0 Å². The number of para-hydroxylation sites is 1. The molecular weight excluding hydrogens is 264 g/mol. The highest BCUT2D eigenvalue weighted by Crippen LogP contribution is 2.21. The molecule has 0 spiro atoms. The second-order valence-corrected chi connectivity index (χ2v) is 5.02. The molecule has 0 aliphatic rings. The number of benzene rings is 1. The fraction of sp³-hybridized carbons (Fsp3) is 0.250. The second-order valence-electron chi connectivity index (χ2n) is 5.02. The summed E-state index contributed by atoms with van der Waals surface area (Å²) >= 11 is 0. The minimum Gasteiger partial charge on any atom is -0.399 e. The summed E-state index contributed by atoms with van der Waals surface area (Å²) in [4.78, 5) is 18.2. The van der Waals surface area contributed by atoms with Crippen molar-refractivity contribution < 1.29 is 4.79 Å². The van der Waals surface area contributed by atoms with Gasteiger partial charge in [0.1, 0.15) is 0 Å². The summed E-state index contributed by atoms with van der Waals surface area (Å²) in [7, 11) is 3.78. The molecule has 0 bridgehead atoms. The summed E-state index contributed by atoms with van der Waals surface area (Å²) in [6.07, 6.45) is 2.71. The fourth-order valence-corrected chi connectivity index (χ4v) is 2.07. The number of nitrogen functional groups attached to an aromatic ring is 1. The van der Waals surface area contributed by atoms with Crippen LogP contribution in [0, 0.1) is 0 Å². The van der Waals surface area contributed by atoms with E-state index >= 15 is 0 Å². The molecule has 1 aromatic carbocycles. The monoisotopic (exact) mass is 284 g/mol. The SMILES string of the molecule is CN(C)c1ncccc1NC(=O)CCc1ccccc1N. The first-order valence-electron chi connectivity index (χ1n) is 6.83. The number of nitrogens with two attached hydrogens (primary N) is 1. The van der Waals surface area contributed by atoms with Crippen LogP contribution in [0.4, 0.5) is 17.2 Å². The zero-order valence-electron chi connectivity index (χ0n) is 12.3. The number of carbonyl (C=O) groups excluding carboxylic acids is 1. The molecule has 0 unspecified atom stereocenters. The van der Waals surface area contributed by atoms with Gasteiger partial charge in [-0.1, -0.05) is 18.2 Å². The summed E-state index contributed by atoms with van der Waals surface area (Å²) in [6.45, 7) is 0. The largest absolute Gasteiger partial charge is 0.399 e. The molecule has 2 aromatic rings. The molecule has 0 saturated carbocycles. The van der Waals surface area contributed by atoms with Gasteiger partial charge in [-0.25, -0.2) is 4.98 Å². The van der Waals surface area contributed by atoms with Gasteiger partial charge in [0.05, 0.1) is 5.69 Å². The van der Waals surface area contributed by atoms with Gasteiger partial charge in [-0.05, 0) is 30.2 Å². The molecule has 21 heavy (non-hydrogen) atoms. The summed E-state index contributed by atoms with van der Waals surface area (Å²) < 4.78 is 0. The number of rotatable bonds is 5. The number of nitrogens with zero attached hydrogens (tertiary/aromatic N) is 2. The zero-order valence-corrected chi connectivity index (χ0v) is 12.3. The van der Waals surface area contributed by atoms with Crippen molar-refractivity contribution in [1.82, 2.24) is 4.98 Å². The minimum atomic E-state index is -0.0469. The van der Waals surface area contributed by atoms with Crippen LogP contribution in [0.1, 0.15) is 12.0 Å². The number of amides is 1. The third-order valence-corrected chi connectivity index (χ3v) is 3.16. The Hall–Kier alpha value is -2.56. The molecule has 0 saturated heterocycles. The van der Waals surface area contributed by atoms with E-state index in [-0.39, 0.29) is 5.91 Å². The molecule has 2 rings (SSSR count). The fourth-order valence-electron chi connectivity index (χ4n) is 2.07. The standard InChI is InChI=1S/C16H20N4O/c1-20(2)16-14(8-5-11-18-16)19-15(21)10-9-12-6-3-4-7-13(12)17/h3-8,11H,9-10,17H2,1-2H3,(H,19,21). The molecule has 0 aliphatic carbocycles. The van der Waals surface area contributed by atoms with E-state index < -0.39 is 0 Å². The summed E-state index contributed by atoms with van der Waals surface area (Å²) in [5, 5.41) is 2.90. The number of aryl methyl sites for hydroxylation is 1. The number of carbonyl (C=O) groups is 1. The van der Waals surface area contributed by atoms with Crippen LogP contribution in [-0.2, 0) is 11.2 Å². The maximum atomic E-state index is 12.1. The lowest BCUT2D eigenvalue weighted by Gasteiger charge is -2.16. The van der Waals surface area contributed by atoms with Crippen LogP contribution in [0.2, 0.25) is 0 Å². The van der Waals surface area contributed by atoms with Crippen molar-refractivity contribution in [2.45, 2.75) is 12.8 Å². The number of hydrogen-bond donors (Lipinski definition) is 2. The van der Waals surface area contributed by atoms with Crippen molar-refractivity contribution in [2.75, 3.05) is 30.0 Å². The van der Waals surface area contributed by atoms with Crippen LogP contribution in [0.15, 0.2) is 42.6 Å². The predicted octanol–water partition coefficient (Wildman–Crippen LogP) is 2.30. The minimum absolute atomic E-state index is 0.0469. The molecule has 1 aromatic heterocycles. The number of aromatic nitrogens is 1. The van der Waals surface area contributed by atoms with Crippen molar-refractivity contribution >= 4 is 23.1 Å². The van der Waals surface area contributed by atoms with Crippen molar-refractivity contribution in [3.05, 3.63) is 48.2 Å². The quantitative estimate of drug-likeness (QED) is 0.826. The normalized spacial score (nSPS) is 10.2. The molecular formula is C16H20N4O. The van der Waals surface area contributed by atoms with Gasteiger partial charge in [-0.3, -0.25) is 4.79 Å². The van der Waals surface area contributed by atoms with Crippen LogP contribution in [-0.4, -0.2) is 25.0 Å². The van der Waals surface area contributed by atoms with E-state index in [4.69, 9.17) is 5.73 Å². The van der Waals surface area contributed by atoms with Gasteiger partial charge in [0.15, 0.2) is 5.82 Å². The van der Waals surface area contributed by atoms with Crippen LogP contribution in [0.3, 0.4) is 0 Å². The number of pyridine rings is 1. The highest BCUT2D eigenvalue weighted by Gasteiger charge is 2.09. The van der Waals surface area contributed by atoms with Gasteiger partial charge in [0.2, 0.25) is 5.91 Å². The van der Waals surface area contributed by atoms with Crippen LogP contribution in [0.5, 0.6) is 0 Å². The topological polar surface area (TPSA) is 71.2 Å². The number of nitrogens with one attached hydrogen (secondary N) is 1. The lowest BCUT2D eigenvalue weighted by atomic mass is 10.1. The van der Waals surface area contributed by atoms with Gasteiger partial charge in [0, 0.05) is 32.4 Å². The summed E-state index contributed by atoms with van der Waals surface area (Å²) in [6, 6.07) is 11.2. The van der Waals surface area contributed by atoms with E-state index in [1.807, 2.05) is 49.3 Å². The Morgan fingerprint density at radius 1 is 1.24 bits per heavy atom. The van der Waals surface area contributed by atoms with Crippen molar-refractivity contribution in [1.29, 1.82) is 0 Å². The second kappa shape index (κ2) is 6.74. The first-order valence-corrected chi connectivity index (χ1v) is 6.83. The Kier molecular flexibility index (Phi) is 4.77. The first-order chi connectivity index (χ1) is 10.1. The van der Waals surface area contributed by atoms with E-state index in [9.17, 15) is 4.79 Å². The average Bonchev–Trinajstić information content (AvgIpc) is 2.47. The van der Waals surface area contributed by atoms with Crippen LogP contribution >= 0.6 is 0 Å². The molecule has 0 fully saturated rings. The first kappa shape index (κ1) is 14.8. The van der Waals surface area contributed by atoms with Crippen LogP contribution < -0.4 is 16.0 Å². The molecule has 3 N–H and O–H groups in total. The van der Waals surface area contributed by atoms with E-state index in [2.05, 4.69) is 10.3 Å². The average molecular weight is 284 g/mol. The Labute approximate surface area is 124 Å². The Balaban J connectivity index is 1.98. The van der Waals surface area contributed by atoms with Crippen molar-refractivity contribution in [2.24, 2.45) is 0 Å². The zero-order chi connectivity index (χ0) is 15.2. The molecule has 0 radical (unpaired) electrons. The Morgan fingerprint density at radius 3 is 2.71 bits per heavy atom. The van der Waals surface area contributed by atoms with Gasteiger partial charge in [-0.15, -0.1) is 0 Å². The maximum absolute atomic E-state index is 12.1. The number of anilines is 3. The Bertz CT molecular complexity index is 625.